The molecule has 2 aliphatic heterocycles. The van der Waals surface area contributed by atoms with Crippen molar-refractivity contribution >= 4 is 5.91 Å². The third kappa shape index (κ3) is 5.93. The molecule has 0 radical (unpaired) electrons. The van der Waals surface area contributed by atoms with Gasteiger partial charge in [0.05, 0.1) is 18.8 Å². The molecular weight excluding hydrogens is 266 g/mol. The van der Waals surface area contributed by atoms with Gasteiger partial charge in [-0.15, -0.1) is 0 Å². The van der Waals surface area contributed by atoms with Gasteiger partial charge in [-0.3, -0.25) is 4.79 Å². The van der Waals surface area contributed by atoms with Gasteiger partial charge in [-0.25, -0.2) is 0 Å². The number of carbonyl (C=O) groups is 1. The zero-order valence-electron chi connectivity index (χ0n) is 13.6. The highest BCUT2D eigenvalue weighted by Crippen LogP contribution is 2.12. The Morgan fingerprint density at radius 3 is 2.67 bits per heavy atom. The fraction of sp³-hybridized carbons (Fsp3) is 0.938. The van der Waals surface area contributed by atoms with Gasteiger partial charge in [0.15, 0.2) is 0 Å². The lowest BCUT2D eigenvalue weighted by Gasteiger charge is -2.33. The van der Waals surface area contributed by atoms with E-state index in [1.54, 1.807) is 0 Å². The summed E-state index contributed by atoms with van der Waals surface area (Å²) in [7, 11) is 0. The lowest BCUT2D eigenvalue weighted by Crippen LogP contribution is -2.52. The van der Waals surface area contributed by atoms with Gasteiger partial charge in [0, 0.05) is 25.7 Å². The highest BCUT2D eigenvalue weighted by Gasteiger charge is 2.25. The van der Waals surface area contributed by atoms with E-state index in [2.05, 4.69) is 29.4 Å². The second-order valence-electron chi connectivity index (χ2n) is 6.55. The minimum absolute atomic E-state index is 0.0382. The molecule has 2 heterocycles. The van der Waals surface area contributed by atoms with Crippen molar-refractivity contribution in [2.45, 2.75) is 64.1 Å². The smallest absolute Gasteiger partial charge is 0.237 e. The second kappa shape index (κ2) is 8.71. The van der Waals surface area contributed by atoms with Gasteiger partial charge in [0.2, 0.25) is 5.91 Å². The Kier molecular flexibility index (Phi) is 6.93. The summed E-state index contributed by atoms with van der Waals surface area (Å²) in [5, 5.41) is 6.54. The number of amides is 1. The molecule has 2 rings (SSSR count). The normalized spacial score (nSPS) is 25.2. The van der Waals surface area contributed by atoms with Crippen molar-refractivity contribution in [3.05, 3.63) is 0 Å². The Balaban J connectivity index is 1.61. The van der Waals surface area contributed by atoms with E-state index in [4.69, 9.17) is 4.74 Å². The van der Waals surface area contributed by atoms with Crippen molar-refractivity contribution in [3.63, 3.8) is 0 Å². The van der Waals surface area contributed by atoms with Crippen molar-refractivity contribution < 1.29 is 9.53 Å². The summed E-state index contributed by atoms with van der Waals surface area (Å²) in [6.07, 6.45) is 5.77. The molecule has 0 saturated carbocycles. The predicted octanol–water partition coefficient (Wildman–Crippen LogP) is 1.13. The third-order valence-electron chi connectivity index (χ3n) is 4.42. The summed E-state index contributed by atoms with van der Waals surface area (Å²) in [5.41, 5.74) is 0. The Hall–Kier alpha value is -0.650. The van der Waals surface area contributed by atoms with Gasteiger partial charge in [0.1, 0.15) is 0 Å². The molecule has 1 atom stereocenters. The first-order valence-corrected chi connectivity index (χ1v) is 8.53. The molecule has 0 aromatic carbocycles. The van der Waals surface area contributed by atoms with Crippen molar-refractivity contribution in [2.24, 2.45) is 0 Å². The maximum atomic E-state index is 12.2. The molecule has 0 aromatic heterocycles. The molecule has 0 aromatic rings. The number of piperidine rings is 2. The molecule has 2 fully saturated rings. The van der Waals surface area contributed by atoms with E-state index in [0.29, 0.717) is 12.1 Å². The summed E-state index contributed by atoms with van der Waals surface area (Å²) in [5.74, 6) is 0.205. The zero-order chi connectivity index (χ0) is 15.1. The molecule has 122 valence electrons. The molecule has 1 amide bonds. The molecular formula is C16H31N3O2. The van der Waals surface area contributed by atoms with Crippen LogP contribution in [0.4, 0.5) is 0 Å². The monoisotopic (exact) mass is 297 g/mol. The standard InChI is InChI=1S/C16H31N3O2/c1-13(2)21-12-11-19-9-6-14(7-10-19)18-16(20)15-5-3-4-8-17-15/h13-15,17H,3-12H2,1-2H3,(H,18,20)/t15-/m1/s1. The molecule has 2 aliphatic rings. The molecule has 0 spiro atoms. The Labute approximate surface area is 128 Å². The number of rotatable bonds is 6. The lowest BCUT2D eigenvalue weighted by molar-refractivity contribution is -0.124. The van der Waals surface area contributed by atoms with Crippen LogP contribution in [0.25, 0.3) is 0 Å². The van der Waals surface area contributed by atoms with Crippen molar-refractivity contribution in [2.75, 3.05) is 32.8 Å². The number of hydrogen-bond acceptors (Lipinski definition) is 4. The van der Waals surface area contributed by atoms with Crippen molar-refractivity contribution in [1.29, 1.82) is 0 Å². The van der Waals surface area contributed by atoms with Crippen LogP contribution in [0.2, 0.25) is 0 Å². The van der Waals surface area contributed by atoms with E-state index in [0.717, 1.165) is 52.0 Å². The highest BCUT2D eigenvalue weighted by molar-refractivity contribution is 5.82. The number of hydrogen-bond donors (Lipinski definition) is 2. The fourth-order valence-corrected chi connectivity index (χ4v) is 3.10. The van der Waals surface area contributed by atoms with Crippen LogP contribution in [-0.2, 0) is 9.53 Å². The lowest BCUT2D eigenvalue weighted by atomic mass is 10.0. The van der Waals surface area contributed by atoms with Gasteiger partial charge in [-0.05, 0) is 46.1 Å². The minimum Gasteiger partial charge on any atom is -0.377 e. The zero-order valence-corrected chi connectivity index (χ0v) is 13.6. The van der Waals surface area contributed by atoms with Crippen LogP contribution in [0.15, 0.2) is 0 Å². The number of nitrogens with zero attached hydrogens (tertiary/aromatic N) is 1. The van der Waals surface area contributed by atoms with Crippen LogP contribution in [0, 0.1) is 0 Å². The fourth-order valence-electron chi connectivity index (χ4n) is 3.10. The third-order valence-corrected chi connectivity index (χ3v) is 4.42. The molecule has 0 aliphatic carbocycles. The van der Waals surface area contributed by atoms with Crippen LogP contribution in [0.1, 0.15) is 46.0 Å². The maximum Gasteiger partial charge on any atom is 0.237 e. The van der Waals surface area contributed by atoms with E-state index in [9.17, 15) is 4.79 Å². The van der Waals surface area contributed by atoms with Crippen LogP contribution >= 0.6 is 0 Å². The van der Waals surface area contributed by atoms with E-state index in [1.165, 1.54) is 12.8 Å². The first-order valence-electron chi connectivity index (χ1n) is 8.53. The van der Waals surface area contributed by atoms with E-state index in [1.807, 2.05) is 0 Å². The topological polar surface area (TPSA) is 53.6 Å². The van der Waals surface area contributed by atoms with Crippen LogP contribution < -0.4 is 10.6 Å². The molecule has 2 saturated heterocycles. The highest BCUT2D eigenvalue weighted by atomic mass is 16.5. The first kappa shape index (κ1) is 16.7. The van der Waals surface area contributed by atoms with Crippen LogP contribution in [0.5, 0.6) is 0 Å². The van der Waals surface area contributed by atoms with E-state index < -0.39 is 0 Å². The van der Waals surface area contributed by atoms with Crippen molar-refractivity contribution in [1.82, 2.24) is 15.5 Å². The van der Waals surface area contributed by atoms with Gasteiger partial charge in [-0.2, -0.15) is 0 Å². The molecule has 0 unspecified atom stereocenters. The van der Waals surface area contributed by atoms with E-state index >= 15 is 0 Å². The first-order chi connectivity index (χ1) is 10.1. The van der Waals surface area contributed by atoms with Gasteiger partial charge in [-0.1, -0.05) is 6.42 Å². The summed E-state index contributed by atoms with van der Waals surface area (Å²) in [6, 6.07) is 0.389. The number of carbonyl (C=O) groups excluding carboxylic acids is 1. The van der Waals surface area contributed by atoms with Gasteiger partial charge < -0.3 is 20.3 Å². The maximum absolute atomic E-state index is 12.2. The minimum atomic E-state index is 0.0382. The summed E-state index contributed by atoms with van der Waals surface area (Å²) >= 11 is 0. The molecule has 5 nitrogen and oxygen atoms in total. The van der Waals surface area contributed by atoms with Gasteiger partial charge in [0.25, 0.3) is 0 Å². The number of ether oxygens (including phenoxy) is 1. The quantitative estimate of drug-likeness (QED) is 0.772. The summed E-state index contributed by atoms with van der Waals surface area (Å²) in [6.45, 7) is 9.05. The second-order valence-corrected chi connectivity index (χ2v) is 6.55. The SMILES string of the molecule is CC(C)OCCN1CCC(NC(=O)[C@H]2CCCCN2)CC1. The molecule has 0 bridgehead atoms. The Bertz CT molecular complexity index is 309. The number of likely N-dealkylation sites (tertiary alicyclic amines) is 1. The predicted molar refractivity (Wildman–Crippen MR) is 84.3 cm³/mol. The van der Waals surface area contributed by atoms with Crippen LogP contribution in [0.3, 0.4) is 0 Å². The Morgan fingerprint density at radius 1 is 1.29 bits per heavy atom. The van der Waals surface area contributed by atoms with Crippen molar-refractivity contribution in [3.8, 4) is 0 Å². The average molecular weight is 297 g/mol. The largest absolute Gasteiger partial charge is 0.377 e. The average Bonchev–Trinajstić information content (AvgIpc) is 2.49. The van der Waals surface area contributed by atoms with Crippen LogP contribution in [-0.4, -0.2) is 61.8 Å². The summed E-state index contributed by atoms with van der Waals surface area (Å²) in [4.78, 5) is 14.6. The molecule has 21 heavy (non-hydrogen) atoms. The Morgan fingerprint density at radius 2 is 2.05 bits per heavy atom. The summed E-state index contributed by atoms with van der Waals surface area (Å²) < 4.78 is 5.60. The van der Waals surface area contributed by atoms with Gasteiger partial charge >= 0.3 is 0 Å². The molecule has 2 N–H and O–H groups in total. The molecule has 5 heteroatoms. The van der Waals surface area contributed by atoms with E-state index in [-0.39, 0.29) is 11.9 Å². The number of nitrogens with one attached hydrogen (secondary N) is 2.